The zero-order chi connectivity index (χ0) is 11.4. The molecule has 0 bridgehead atoms. The van der Waals surface area contributed by atoms with Gasteiger partial charge in [-0.15, -0.1) is 0 Å². The van der Waals surface area contributed by atoms with Crippen molar-refractivity contribution in [3.8, 4) is 5.75 Å². The van der Waals surface area contributed by atoms with Gasteiger partial charge < -0.3 is 24.9 Å². The molecule has 1 rings (SSSR count). The predicted molar refractivity (Wildman–Crippen MR) is 45.3 cm³/mol. The van der Waals surface area contributed by atoms with Gasteiger partial charge in [0.1, 0.15) is 5.75 Å². The lowest BCUT2D eigenvalue weighted by molar-refractivity contribution is -0.331. The highest BCUT2D eigenvalue weighted by Crippen LogP contribution is 2.14. The van der Waals surface area contributed by atoms with Crippen molar-refractivity contribution in [1.82, 2.24) is 0 Å². The number of benzene rings is 1. The van der Waals surface area contributed by atoms with Gasteiger partial charge in [0.25, 0.3) is 0 Å². The zero-order valence-corrected chi connectivity index (χ0v) is 7.67. The molecule has 1 N–H and O–H groups in total. The number of phenols is 1. The van der Waals surface area contributed by atoms with Gasteiger partial charge in [-0.2, -0.15) is 0 Å². The number of carbonyl (C=O) groups is 2. The average Bonchev–Trinajstić information content (AvgIpc) is 2.13. The molecule has 0 aliphatic heterocycles. The Labute approximate surface area is 85.6 Å². The maximum absolute atomic E-state index is 10.4. The Balaban J connectivity index is 2.83. The molecule has 0 atom stereocenters. The van der Waals surface area contributed by atoms with Crippen molar-refractivity contribution >= 4 is 11.9 Å². The SMILES string of the molecule is O=C([O-])C(Cc1cccc(O)c1)C(=O)[O-]. The van der Waals surface area contributed by atoms with Crippen LogP contribution >= 0.6 is 0 Å². The molecule has 1 aromatic carbocycles. The van der Waals surface area contributed by atoms with Crippen LogP contribution < -0.4 is 10.2 Å². The highest BCUT2D eigenvalue weighted by atomic mass is 16.4. The predicted octanol–water partition coefficient (Wildman–Crippen LogP) is -1.95. The lowest BCUT2D eigenvalue weighted by atomic mass is 9.99. The standard InChI is InChI=1S/C10H10O5/c11-7-3-1-2-6(4-7)5-8(9(12)13)10(14)15/h1-4,8,11H,5H2,(H,12,13)(H,14,15)/p-2. The van der Waals surface area contributed by atoms with Gasteiger partial charge in [0.2, 0.25) is 0 Å². The molecular formula is C10H8O5-2. The molecule has 5 nitrogen and oxygen atoms in total. The molecule has 0 saturated carbocycles. The third kappa shape index (κ3) is 2.98. The fourth-order valence-corrected chi connectivity index (χ4v) is 1.18. The van der Waals surface area contributed by atoms with Crippen molar-refractivity contribution in [3.63, 3.8) is 0 Å². The molecule has 80 valence electrons. The minimum absolute atomic E-state index is 0.0528. The van der Waals surface area contributed by atoms with Gasteiger partial charge in [0.05, 0.1) is 11.9 Å². The van der Waals surface area contributed by atoms with E-state index >= 15 is 0 Å². The van der Waals surface area contributed by atoms with Crippen LogP contribution in [0.4, 0.5) is 0 Å². The number of rotatable bonds is 4. The molecule has 0 aliphatic rings. The monoisotopic (exact) mass is 208 g/mol. The van der Waals surface area contributed by atoms with Gasteiger partial charge in [-0.25, -0.2) is 0 Å². The van der Waals surface area contributed by atoms with Crippen LogP contribution in [0.5, 0.6) is 5.75 Å². The topological polar surface area (TPSA) is 100 Å². The van der Waals surface area contributed by atoms with E-state index in [1.165, 1.54) is 24.3 Å². The molecule has 5 heteroatoms. The number of carboxylic acid groups (broad SMARTS) is 2. The minimum Gasteiger partial charge on any atom is -0.549 e. The fraction of sp³-hybridized carbons (Fsp3) is 0.200. The second-order valence-electron chi connectivity index (χ2n) is 3.06. The number of carboxylic acids is 2. The van der Waals surface area contributed by atoms with Crippen molar-refractivity contribution < 1.29 is 24.9 Å². The van der Waals surface area contributed by atoms with Gasteiger partial charge in [0, 0.05) is 5.92 Å². The molecule has 15 heavy (non-hydrogen) atoms. The largest absolute Gasteiger partial charge is 0.549 e. The van der Waals surface area contributed by atoms with E-state index in [1.54, 1.807) is 0 Å². The van der Waals surface area contributed by atoms with E-state index in [9.17, 15) is 19.8 Å². The summed E-state index contributed by atoms with van der Waals surface area (Å²) in [5, 5.41) is 29.9. The van der Waals surface area contributed by atoms with Crippen molar-refractivity contribution in [2.75, 3.05) is 0 Å². The fourth-order valence-electron chi connectivity index (χ4n) is 1.18. The van der Waals surface area contributed by atoms with Crippen LogP contribution in [0.1, 0.15) is 5.56 Å². The van der Waals surface area contributed by atoms with Gasteiger partial charge in [-0.05, 0) is 24.1 Å². The van der Waals surface area contributed by atoms with Gasteiger partial charge >= 0.3 is 0 Å². The van der Waals surface area contributed by atoms with E-state index in [0.717, 1.165) is 0 Å². The Bertz CT molecular complexity index is 371. The lowest BCUT2D eigenvalue weighted by Crippen LogP contribution is -2.44. The Kier molecular flexibility index (Phi) is 3.28. The van der Waals surface area contributed by atoms with E-state index in [0.29, 0.717) is 5.56 Å². The zero-order valence-electron chi connectivity index (χ0n) is 7.67. The van der Waals surface area contributed by atoms with E-state index in [4.69, 9.17) is 5.11 Å². The summed E-state index contributed by atoms with van der Waals surface area (Å²) in [7, 11) is 0. The molecule has 0 unspecified atom stereocenters. The molecule has 0 saturated heterocycles. The number of hydrogen-bond acceptors (Lipinski definition) is 5. The number of aromatic hydroxyl groups is 1. The quantitative estimate of drug-likeness (QED) is 0.579. The summed E-state index contributed by atoms with van der Waals surface area (Å²) >= 11 is 0. The van der Waals surface area contributed by atoms with Gasteiger partial charge in [0.15, 0.2) is 0 Å². The molecule has 0 amide bonds. The maximum Gasteiger partial charge on any atom is 0.115 e. The summed E-state index contributed by atoms with van der Waals surface area (Å²) in [5.74, 6) is -5.15. The van der Waals surface area contributed by atoms with Crippen molar-refractivity contribution in [1.29, 1.82) is 0 Å². The van der Waals surface area contributed by atoms with E-state index in [1.807, 2.05) is 0 Å². The lowest BCUT2D eigenvalue weighted by Gasteiger charge is -2.18. The van der Waals surface area contributed by atoms with Crippen molar-refractivity contribution in [3.05, 3.63) is 29.8 Å². The van der Waals surface area contributed by atoms with Crippen LogP contribution in [0.2, 0.25) is 0 Å². The van der Waals surface area contributed by atoms with Crippen LogP contribution in [0.3, 0.4) is 0 Å². The third-order valence-electron chi connectivity index (χ3n) is 1.92. The van der Waals surface area contributed by atoms with E-state index < -0.39 is 17.9 Å². The molecular weight excluding hydrogens is 200 g/mol. The smallest absolute Gasteiger partial charge is 0.115 e. The number of phenolic OH excluding ortho intramolecular Hbond substituents is 1. The number of carbonyl (C=O) groups excluding carboxylic acids is 2. The first-order chi connectivity index (χ1) is 7.00. The molecule has 0 radical (unpaired) electrons. The summed E-state index contributed by atoms with van der Waals surface area (Å²) in [6, 6.07) is 5.69. The van der Waals surface area contributed by atoms with Crippen LogP contribution in [-0.4, -0.2) is 17.0 Å². The normalized spacial score (nSPS) is 10.2. The van der Waals surface area contributed by atoms with Gasteiger partial charge in [-0.3, -0.25) is 0 Å². The average molecular weight is 208 g/mol. The van der Waals surface area contributed by atoms with Crippen molar-refractivity contribution in [2.45, 2.75) is 6.42 Å². The summed E-state index contributed by atoms with van der Waals surface area (Å²) in [4.78, 5) is 20.9. The maximum atomic E-state index is 10.4. The Morgan fingerprint density at radius 2 is 1.87 bits per heavy atom. The highest BCUT2D eigenvalue weighted by molar-refractivity contribution is 5.91. The molecule has 0 heterocycles. The van der Waals surface area contributed by atoms with Crippen molar-refractivity contribution in [2.24, 2.45) is 5.92 Å². The van der Waals surface area contributed by atoms with E-state index in [-0.39, 0.29) is 12.2 Å². The summed E-state index contributed by atoms with van der Waals surface area (Å²) in [6.07, 6.45) is -0.265. The van der Waals surface area contributed by atoms with Crippen LogP contribution in [0.15, 0.2) is 24.3 Å². The number of aliphatic carboxylic acids is 2. The van der Waals surface area contributed by atoms with Crippen LogP contribution in [0, 0.1) is 5.92 Å². The molecule has 0 aliphatic carbocycles. The minimum atomic E-state index is -1.70. The molecule has 1 aromatic rings. The third-order valence-corrected chi connectivity index (χ3v) is 1.92. The first-order valence-electron chi connectivity index (χ1n) is 4.20. The second-order valence-corrected chi connectivity index (χ2v) is 3.06. The Morgan fingerprint density at radius 1 is 1.27 bits per heavy atom. The second kappa shape index (κ2) is 4.45. The summed E-state index contributed by atoms with van der Waals surface area (Å²) in [5.41, 5.74) is 0.397. The Hall–Kier alpha value is -2.04. The number of hydrogen-bond donors (Lipinski definition) is 1. The Morgan fingerprint density at radius 3 is 2.33 bits per heavy atom. The highest BCUT2D eigenvalue weighted by Gasteiger charge is 2.12. The first-order valence-corrected chi connectivity index (χ1v) is 4.20. The van der Waals surface area contributed by atoms with Gasteiger partial charge in [-0.1, -0.05) is 12.1 Å². The summed E-state index contributed by atoms with van der Waals surface area (Å²) in [6.45, 7) is 0. The first kappa shape index (κ1) is 11.0. The molecule has 0 aromatic heterocycles. The molecule has 0 fully saturated rings. The van der Waals surface area contributed by atoms with Crippen LogP contribution in [0.25, 0.3) is 0 Å². The summed E-state index contributed by atoms with van der Waals surface area (Å²) < 4.78 is 0. The molecule has 0 spiro atoms. The van der Waals surface area contributed by atoms with Crippen LogP contribution in [-0.2, 0) is 16.0 Å². The van der Waals surface area contributed by atoms with E-state index in [2.05, 4.69) is 0 Å².